The van der Waals surface area contributed by atoms with Crippen molar-refractivity contribution in [2.75, 3.05) is 6.54 Å². The average molecular weight is 287 g/mol. The molecule has 0 saturated heterocycles. The molecule has 0 aliphatic heterocycles. The van der Waals surface area contributed by atoms with E-state index >= 15 is 0 Å². The third-order valence-electron chi connectivity index (χ3n) is 3.23. The van der Waals surface area contributed by atoms with E-state index in [9.17, 15) is 4.79 Å². The SMILES string of the molecule is CCCN(Cc1ccccc1)C(=O)CCc1cccs1. The number of carbonyl (C=O) groups is 1. The number of nitrogens with zero attached hydrogens (tertiary/aromatic N) is 1. The van der Waals surface area contributed by atoms with Gasteiger partial charge in [-0.25, -0.2) is 0 Å². The van der Waals surface area contributed by atoms with Crippen LogP contribution in [-0.2, 0) is 17.8 Å². The predicted octanol–water partition coefficient (Wildman–Crippen LogP) is 4.12. The number of hydrogen-bond acceptors (Lipinski definition) is 2. The van der Waals surface area contributed by atoms with E-state index in [4.69, 9.17) is 0 Å². The highest BCUT2D eigenvalue weighted by Crippen LogP contribution is 2.13. The Kier molecular flexibility index (Phi) is 5.81. The number of benzene rings is 1. The summed E-state index contributed by atoms with van der Waals surface area (Å²) < 4.78 is 0. The summed E-state index contributed by atoms with van der Waals surface area (Å²) in [7, 11) is 0. The third kappa shape index (κ3) is 4.49. The lowest BCUT2D eigenvalue weighted by molar-refractivity contribution is -0.131. The van der Waals surface area contributed by atoms with Crippen molar-refractivity contribution in [2.24, 2.45) is 0 Å². The Labute approximate surface area is 125 Å². The number of amides is 1. The van der Waals surface area contributed by atoms with E-state index in [2.05, 4.69) is 30.5 Å². The second kappa shape index (κ2) is 7.85. The van der Waals surface area contributed by atoms with Gasteiger partial charge in [0, 0.05) is 24.4 Å². The third-order valence-corrected chi connectivity index (χ3v) is 4.16. The first kappa shape index (κ1) is 14.8. The normalized spacial score (nSPS) is 10.4. The second-order valence-corrected chi connectivity index (χ2v) is 5.91. The Morgan fingerprint density at radius 1 is 1.15 bits per heavy atom. The zero-order chi connectivity index (χ0) is 14.2. The Balaban J connectivity index is 1.91. The van der Waals surface area contributed by atoms with Gasteiger partial charge in [-0.05, 0) is 29.9 Å². The topological polar surface area (TPSA) is 20.3 Å². The van der Waals surface area contributed by atoms with Crippen LogP contribution in [0.1, 0.15) is 30.2 Å². The van der Waals surface area contributed by atoms with Crippen molar-refractivity contribution in [1.82, 2.24) is 4.90 Å². The minimum absolute atomic E-state index is 0.254. The van der Waals surface area contributed by atoms with Crippen LogP contribution in [0.5, 0.6) is 0 Å². The predicted molar refractivity (Wildman–Crippen MR) is 84.8 cm³/mol. The smallest absolute Gasteiger partial charge is 0.223 e. The van der Waals surface area contributed by atoms with Crippen LogP contribution in [-0.4, -0.2) is 17.4 Å². The van der Waals surface area contributed by atoms with Crippen molar-refractivity contribution in [1.29, 1.82) is 0 Å². The molecule has 106 valence electrons. The standard InChI is InChI=1S/C17H21NOS/c1-2-12-18(14-15-7-4-3-5-8-15)17(19)11-10-16-9-6-13-20-16/h3-9,13H,2,10-12,14H2,1H3. The van der Waals surface area contributed by atoms with E-state index in [0.717, 1.165) is 25.9 Å². The molecule has 0 spiro atoms. The Morgan fingerprint density at radius 3 is 2.60 bits per heavy atom. The summed E-state index contributed by atoms with van der Waals surface area (Å²) >= 11 is 1.72. The Morgan fingerprint density at radius 2 is 1.95 bits per heavy atom. The fourth-order valence-electron chi connectivity index (χ4n) is 2.21. The highest BCUT2D eigenvalue weighted by atomic mass is 32.1. The number of carbonyl (C=O) groups excluding carboxylic acids is 1. The molecule has 1 aromatic heterocycles. The number of hydrogen-bond donors (Lipinski definition) is 0. The van der Waals surface area contributed by atoms with Gasteiger partial charge in [0.2, 0.25) is 5.91 Å². The molecule has 0 radical (unpaired) electrons. The molecule has 20 heavy (non-hydrogen) atoms. The number of rotatable bonds is 7. The van der Waals surface area contributed by atoms with Gasteiger partial charge in [-0.1, -0.05) is 43.3 Å². The van der Waals surface area contributed by atoms with Crippen LogP contribution < -0.4 is 0 Å². The zero-order valence-electron chi connectivity index (χ0n) is 11.9. The maximum absolute atomic E-state index is 12.4. The van der Waals surface area contributed by atoms with Crippen molar-refractivity contribution in [3.05, 3.63) is 58.3 Å². The highest BCUT2D eigenvalue weighted by molar-refractivity contribution is 7.09. The molecule has 0 saturated carbocycles. The van der Waals surface area contributed by atoms with Gasteiger partial charge in [0.15, 0.2) is 0 Å². The minimum atomic E-state index is 0.254. The summed E-state index contributed by atoms with van der Waals surface area (Å²) in [5.74, 6) is 0.254. The van der Waals surface area contributed by atoms with Crippen LogP contribution in [0.4, 0.5) is 0 Å². The number of aryl methyl sites for hydroxylation is 1. The van der Waals surface area contributed by atoms with Crippen LogP contribution in [0.2, 0.25) is 0 Å². The van der Waals surface area contributed by atoms with Crippen LogP contribution in [0.3, 0.4) is 0 Å². The molecule has 3 heteroatoms. The van der Waals surface area contributed by atoms with Gasteiger partial charge in [-0.2, -0.15) is 0 Å². The summed E-state index contributed by atoms with van der Waals surface area (Å²) in [4.78, 5) is 15.6. The largest absolute Gasteiger partial charge is 0.338 e. The molecule has 0 aliphatic carbocycles. The monoisotopic (exact) mass is 287 g/mol. The van der Waals surface area contributed by atoms with Gasteiger partial charge in [0.1, 0.15) is 0 Å². The molecular formula is C17H21NOS. The summed E-state index contributed by atoms with van der Waals surface area (Å²) in [6, 6.07) is 14.3. The molecule has 0 unspecified atom stereocenters. The van der Waals surface area contributed by atoms with Gasteiger partial charge >= 0.3 is 0 Å². The quantitative estimate of drug-likeness (QED) is 0.750. The van der Waals surface area contributed by atoms with Gasteiger partial charge in [-0.3, -0.25) is 4.79 Å². The van der Waals surface area contributed by atoms with Gasteiger partial charge < -0.3 is 4.90 Å². The summed E-state index contributed by atoms with van der Waals surface area (Å²) in [5.41, 5.74) is 1.20. The molecule has 1 aromatic carbocycles. The second-order valence-electron chi connectivity index (χ2n) is 4.88. The van der Waals surface area contributed by atoms with E-state index in [1.165, 1.54) is 10.4 Å². The first-order valence-corrected chi connectivity index (χ1v) is 8.01. The Bertz CT molecular complexity index is 507. The summed E-state index contributed by atoms with van der Waals surface area (Å²) in [6.07, 6.45) is 2.45. The maximum Gasteiger partial charge on any atom is 0.223 e. The molecule has 0 atom stereocenters. The molecule has 0 aliphatic rings. The summed E-state index contributed by atoms with van der Waals surface area (Å²) in [5, 5.41) is 2.06. The van der Waals surface area contributed by atoms with E-state index in [0.29, 0.717) is 6.42 Å². The average Bonchev–Trinajstić information content (AvgIpc) is 2.99. The van der Waals surface area contributed by atoms with E-state index in [1.807, 2.05) is 29.2 Å². The molecule has 2 nitrogen and oxygen atoms in total. The van der Waals surface area contributed by atoms with Crippen LogP contribution in [0.15, 0.2) is 47.8 Å². The lowest BCUT2D eigenvalue weighted by Crippen LogP contribution is -2.31. The lowest BCUT2D eigenvalue weighted by Gasteiger charge is -2.22. The maximum atomic E-state index is 12.4. The minimum Gasteiger partial charge on any atom is -0.338 e. The van der Waals surface area contributed by atoms with E-state index < -0.39 is 0 Å². The zero-order valence-corrected chi connectivity index (χ0v) is 12.7. The van der Waals surface area contributed by atoms with Crippen molar-refractivity contribution < 1.29 is 4.79 Å². The van der Waals surface area contributed by atoms with Crippen LogP contribution >= 0.6 is 11.3 Å². The van der Waals surface area contributed by atoms with Crippen molar-refractivity contribution in [3.63, 3.8) is 0 Å². The molecule has 1 heterocycles. The molecule has 0 fully saturated rings. The first-order valence-electron chi connectivity index (χ1n) is 7.13. The number of thiophene rings is 1. The molecule has 0 bridgehead atoms. The van der Waals surface area contributed by atoms with Crippen LogP contribution in [0.25, 0.3) is 0 Å². The van der Waals surface area contributed by atoms with E-state index in [-0.39, 0.29) is 5.91 Å². The van der Waals surface area contributed by atoms with Gasteiger partial charge in [0.25, 0.3) is 0 Å². The van der Waals surface area contributed by atoms with Gasteiger partial charge in [-0.15, -0.1) is 11.3 Å². The molecule has 1 amide bonds. The van der Waals surface area contributed by atoms with Crippen molar-refractivity contribution in [3.8, 4) is 0 Å². The molecule has 2 aromatic rings. The fourth-order valence-corrected chi connectivity index (χ4v) is 2.92. The molecule has 0 N–H and O–H groups in total. The first-order chi connectivity index (χ1) is 9.79. The summed E-state index contributed by atoms with van der Waals surface area (Å²) in [6.45, 7) is 3.67. The van der Waals surface area contributed by atoms with E-state index in [1.54, 1.807) is 11.3 Å². The van der Waals surface area contributed by atoms with Gasteiger partial charge in [0.05, 0.1) is 0 Å². The molecular weight excluding hydrogens is 266 g/mol. The lowest BCUT2D eigenvalue weighted by atomic mass is 10.2. The van der Waals surface area contributed by atoms with Crippen molar-refractivity contribution >= 4 is 17.2 Å². The van der Waals surface area contributed by atoms with Crippen LogP contribution in [0, 0.1) is 0 Å². The van der Waals surface area contributed by atoms with Crippen molar-refractivity contribution in [2.45, 2.75) is 32.7 Å². The fraction of sp³-hybridized carbons (Fsp3) is 0.353. The highest BCUT2D eigenvalue weighted by Gasteiger charge is 2.13. The Hall–Kier alpha value is -1.61. The molecule has 2 rings (SSSR count).